The highest BCUT2D eigenvalue weighted by molar-refractivity contribution is 8.13. The molecule has 0 spiro atoms. The van der Waals surface area contributed by atoms with Gasteiger partial charge in [0.1, 0.15) is 0 Å². The van der Waals surface area contributed by atoms with Crippen LogP contribution in [-0.2, 0) is 4.74 Å². The number of thioether (sulfide) groups is 1. The summed E-state index contributed by atoms with van der Waals surface area (Å²) < 4.78 is 5.27. The number of hydrogen-bond donors (Lipinski definition) is 0. The summed E-state index contributed by atoms with van der Waals surface area (Å²) >= 11 is 1.11. The van der Waals surface area contributed by atoms with Gasteiger partial charge in [0.25, 0.3) is 5.24 Å². The molecule has 1 aromatic rings. The Morgan fingerprint density at radius 3 is 2.30 bits per heavy atom. The van der Waals surface area contributed by atoms with Crippen LogP contribution in [0.15, 0.2) is 29.2 Å². The molecule has 1 rings (SSSR count). The smallest absolute Gasteiger partial charge is 0.339 e. The van der Waals surface area contributed by atoms with Crippen molar-refractivity contribution in [3.8, 4) is 0 Å². The first kappa shape index (κ1) is 19.6. The van der Waals surface area contributed by atoms with E-state index in [0.29, 0.717) is 17.1 Å². The molecule has 1 amide bonds. The van der Waals surface area contributed by atoms with E-state index in [2.05, 4.69) is 13.8 Å². The van der Waals surface area contributed by atoms with E-state index in [4.69, 9.17) is 4.74 Å². The molecule has 128 valence electrons. The average molecular weight is 337 g/mol. The fraction of sp³-hybridized carbons (Fsp3) is 0.556. The fourth-order valence-corrected chi connectivity index (χ4v) is 3.01. The number of carbonyl (C=O) groups is 2. The molecule has 0 aliphatic rings. The predicted molar refractivity (Wildman–Crippen MR) is 95.0 cm³/mol. The topological polar surface area (TPSA) is 46.6 Å². The first-order chi connectivity index (χ1) is 11.1. The second-order valence-electron chi connectivity index (χ2n) is 5.34. The summed E-state index contributed by atoms with van der Waals surface area (Å²) in [5.74, 6) is -0.355. The van der Waals surface area contributed by atoms with Crippen molar-refractivity contribution in [2.24, 2.45) is 0 Å². The van der Waals surface area contributed by atoms with Gasteiger partial charge >= 0.3 is 5.97 Å². The van der Waals surface area contributed by atoms with E-state index in [1.165, 1.54) is 0 Å². The highest BCUT2D eigenvalue weighted by atomic mass is 32.2. The largest absolute Gasteiger partial charge is 0.462 e. The first-order valence-corrected chi connectivity index (χ1v) is 9.18. The summed E-state index contributed by atoms with van der Waals surface area (Å²) in [5.41, 5.74) is 0.467. The molecule has 0 radical (unpaired) electrons. The number of nitrogens with zero attached hydrogens (tertiary/aromatic N) is 1. The Hall–Kier alpha value is -1.49. The summed E-state index contributed by atoms with van der Waals surface area (Å²) in [6, 6.07) is 7.14. The Balaban J connectivity index is 2.79. The van der Waals surface area contributed by atoms with Gasteiger partial charge in [-0.25, -0.2) is 4.79 Å². The van der Waals surface area contributed by atoms with Crippen molar-refractivity contribution in [1.29, 1.82) is 0 Å². The van der Waals surface area contributed by atoms with Crippen molar-refractivity contribution in [2.75, 3.05) is 19.7 Å². The lowest BCUT2D eigenvalue weighted by atomic mass is 10.2. The molecule has 0 unspecified atom stereocenters. The van der Waals surface area contributed by atoms with Crippen LogP contribution < -0.4 is 0 Å². The number of hydrogen-bond acceptors (Lipinski definition) is 4. The van der Waals surface area contributed by atoms with E-state index in [1.807, 2.05) is 17.9 Å². The van der Waals surface area contributed by atoms with E-state index >= 15 is 0 Å². The highest BCUT2D eigenvalue weighted by Gasteiger charge is 2.18. The highest BCUT2D eigenvalue weighted by Crippen LogP contribution is 2.26. The molecule has 0 fully saturated rings. The molecule has 0 saturated carbocycles. The van der Waals surface area contributed by atoms with E-state index in [-0.39, 0.29) is 11.2 Å². The summed E-state index contributed by atoms with van der Waals surface area (Å²) in [6.07, 6.45) is 3.67. The second kappa shape index (κ2) is 11.1. The number of benzene rings is 1. The molecule has 4 nitrogen and oxygen atoms in total. The lowest BCUT2D eigenvalue weighted by Gasteiger charge is -2.21. The Morgan fingerprint density at radius 2 is 1.70 bits per heavy atom. The van der Waals surface area contributed by atoms with E-state index < -0.39 is 0 Å². The Kier molecular flexibility index (Phi) is 9.45. The molecule has 23 heavy (non-hydrogen) atoms. The summed E-state index contributed by atoms with van der Waals surface area (Å²) in [5, 5.41) is -0.0116. The van der Waals surface area contributed by atoms with Crippen LogP contribution in [0.1, 0.15) is 56.8 Å². The van der Waals surface area contributed by atoms with Crippen LogP contribution in [0.2, 0.25) is 0 Å². The van der Waals surface area contributed by atoms with Crippen LogP contribution in [0.4, 0.5) is 4.79 Å². The normalized spacial score (nSPS) is 10.4. The van der Waals surface area contributed by atoms with Gasteiger partial charge in [-0.3, -0.25) is 4.79 Å². The minimum atomic E-state index is -0.355. The molecule has 0 saturated heterocycles. The molecule has 0 atom stereocenters. The van der Waals surface area contributed by atoms with Crippen LogP contribution in [0.3, 0.4) is 0 Å². The Morgan fingerprint density at radius 1 is 1.04 bits per heavy atom. The van der Waals surface area contributed by atoms with Gasteiger partial charge in [0, 0.05) is 18.0 Å². The third kappa shape index (κ3) is 6.65. The molecular formula is C18H27NO3S. The van der Waals surface area contributed by atoms with Gasteiger partial charge in [0.15, 0.2) is 0 Å². The van der Waals surface area contributed by atoms with Crippen molar-refractivity contribution in [3.63, 3.8) is 0 Å². The summed E-state index contributed by atoms with van der Waals surface area (Å²) in [6.45, 7) is 8.05. The fourth-order valence-electron chi connectivity index (χ4n) is 2.10. The maximum atomic E-state index is 12.5. The quantitative estimate of drug-likeness (QED) is 0.362. The van der Waals surface area contributed by atoms with Gasteiger partial charge < -0.3 is 9.64 Å². The molecule has 0 N–H and O–H groups in total. The van der Waals surface area contributed by atoms with Crippen LogP contribution in [0.25, 0.3) is 0 Å². The second-order valence-corrected chi connectivity index (χ2v) is 6.33. The zero-order chi connectivity index (χ0) is 17.1. The number of carbonyl (C=O) groups excluding carboxylic acids is 2. The van der Waals surface area contributed by atoms with Crippen molar-refractivity contribution in [1.82, 2.24) is 4.90 Å². The minimum Gasteiger partial charge on any atom is -0.462 e. The Labute approximate surface area is 143 Å². The third-order valence-electron chi connectivity index (χ3n) is 3.28. The van der Waals surface area contributed by atoms with E-state index in [1.54, 1.807) is 18.2 Å². The summed E-state index contributed by atoms with van der Waals surface area (Å²) in [7, 11) is 0. The van der Waals surface area contributed by atoms with Gasteiger partial charge in [-0.05, 0) is 43.2 Å². The lowest BCUT2D eigenvalue weighted by Crippen LogP contribution is -2.29. The number of esters is 1. The van der Waals surface area contributed by atoms with Gasteiger partial charge in [0.2, 0.25) is 0 Å². The van der Waals surface area contributed by atoms with Crippen molar-refractivity contribution < 1.29 is 14.3 Å². The van der Waals surface area contributed by atoms with Crippen LogP contribution in [0, 0.1) is 0 Å². The van der Waals surface area contributed by atoms with Crippen LogP contribution in [0.5, 0.6) is 0 Å². The molecule has 0 aromatic heterocycles. The first-order valence-electron chi connectivity index (χ1n) is 8.36. The lowest BCUT2D eigenvalue weighted by molar-refractivity contribution is 0.0495. The van der Waals surface area contributed by atoms with E-state index in [0.717, 1.165) is 50.5 Å². The average Bonchev–Trinajstić information content (AvgIpc) is 2.55. The standard InChI is InChI=1S/C18H27NO3S/c1-4-7-14-22-17(20)15-10-8-9-11-16(15)23-18(21)19(12-5-2)13-6-3/h8-11H,4-7,12-14H2,1-3H3. The number of rotatable bonds is 9. The monoisotopic (exact) mass is 337 g/mol. The molecule has 0 bridgehead atoms. The minimum absolute atomic E-state index is 0.0116. The summed E-state index contributed by atoms with van der Waals surface area (Å²) in [4.78, 5) is 27.1. The number of ether oxygens (including phenoxy) is 1. The zero-order valence-corrected chi connectivity index (χ0v) is 15.2. The molecule has 0 aliphatic carbocycles. The van der Waals surface area contributed by atoms with Gasteiger partial charge in [0.05, 0.1) is 12.2 Å². The van der Waals surface area contributed by atoms with E-state index in [9.17, 15) is 9.59 Å². The van der Waals surface area contributed by atoms with Gasteiger partial charge in [-0.1, -0.05) is 39.3 Å². The molecule has 0 heterocycles. The molecular weight excluding hydrogens is 310 g/mol. The predicted octanol–water partition coefficient (Wildman–Crippen LogP) is 4.98. The maximum Gasteiger partial charge on any atom is 0.339 e. The van der Waals surface area contributed by atoms with Gasteiger partial charge in [-0.2, -0.15) is 0 Å². The SMILES string of the molecule is CCCCOC(=O)c1ccccc1SC(=O)N(CCC)CCC. The van der Waals surface area contributed by atoms with Crippen molar-refractivity contribution in [3.05, 3.63) is 29.8 Å². The van der Waals surface area contributed by atoms with Crippen LogP contribution in [-0.4, -0.2) is 35.8 Å². The molecule has 0 aliphatic heterocycles. The number of amides is 1. The maximum absolute atomic E-state index is 12.5. The van der Waals surface area contributed by atoms with Crippen molar-refractivity contribution in [2.45, 2.75) is 51.3 Å². The third-order valence-corrected chi connectivity index (χ3v) is 4.29. The molecule has 1 aromatic carbocycles. The van der Waals surface area contributed by atoms with Crippen molar-refractivity contribution >= 4 is 23.0 Å². The van der Waals surface area contributed by atoms with Crippen LogP contribution >= 0.6 is 11.8 Å². The zero-order valence-electron chi connectivity index (χ0n) is 14.3. The molecule has 5 heteroatoms. The number of unbranched alkanes of at least 4 members (excludes halogenated alkanes) is 1. The van der Waals surface area contributed by atoms with Gasteiger partial charge in [-0.15, -0.1) is 0 Å². The Bertz CT molecular complexity index is 499.